The Morgan fingerprint density at radius 3 is 2.17 bits per heavy atom. The van der Waals surface area contributed by atoms with E-state index in [0.717, 1.165) is 16.8 Å². The van der Waals surface area contributed by atoms with E-state index in [1.54, 1.807) is 0 Å². The molecule has 2 nitrogen and oxygen atoms in total. The lowest BCUT2D eigenvalue weighted by Crippen LogP contribution is -2.35. The van der Waals surface area contributed by atoms with E-state index in [9.17, 15) is 13.2 Å². The van der Waals surface area contributed by atoms with Crippen molar-refractivity contribution in [3.8, 4) is 0 Å². The predicted octanol–water partition coefficient (Wildman–Crippen LogP) is 2.89. The molecule has 0 aromatic heterocycles. The highest BCUT2D eigenvalue weighted by atomic mass is 19.4. The Labute approximate surface area is 106 Å². The van der Waals surface area contributed by atoms with Gasteiger partial charge in [0.15, 0.2) is 0 Å². The van der Waals surface area contributed by atoms with Crippen LogP contribution in [0, 0.1) is 13.8 Å². The molecule has 0 heterocycles. The molecule has 0 fully saturated rings. The molecule has 1 aromatic rings. The summed E-state index contributed by atoms with van der Waals surface area (Å²) in [5, 5.41) is 2.39. The van der Waals surface area contributed by atoms with Crippen LogP contribution in [0.25, 0.3) is 0 Å². The van der Waals surface area contributed by atoms with Crippen LogP contribution in [-0.2, 0) is 0 Å². The van der Waals surface area contributed by atoms with Crippen molar-refractivity contribution in [1.82, 2.24) is 5.32 Å². The van der Waals surface area contributed by atoms with Crippen molar-refractivity contribution in [3.63, 3.8) is 0 Å². The molecule has 102 valence electrons. The number of alkyl halides is 3. The zero-order chi connectivity index (χ0) is 13.8. The Morgan fingerprint density at radius 1 is 1.11 bits per heavy atom. The molecule has 0 radical (unpaired) electrons. The third-order valence-electron chi connectivity index (χ3n) is 2.60. The second-order valence-corrected chi connectivity index (χ2v) is 4.56. The number of halogens is 3. The van der Waals surface area contributed by atoms with Crippen LogP contribution >= 0.6 is 0 Å². The zero-order valence-electron chi connectivity index (χ0n) is 10.9. The quantitative estimate of drug-likeness (QED) is 0.819. The van der Waals surface area contributed by atoms with Crippen molar-refractivity contribution < 1.29 is 13.2 Å². The van der Waals surface area contributed by atoms with Crippen molar-refractivity contribution >= 4 is 5.69 Å². The summed E-state index contributed by atoms with van der Waals surface area (Å²) >= 11 is 0. The van der Waals surface area contributed by atoms with E-state index in [1.807, 2.05) is 37.9 Å². The summed E-state index contributed by atoms with van der Waals surface area (Å²) in [5.41, 5.74) is 3.33. The molecule has 0 aliphatic carbocycles. The van der Waals surface area contributed by atoms with Gasteiger partial charge in [-0.05, 0) is 37.1 Å². The summed E-state index contributed by atoms with van der Waals surface area (Å²) in [6.07, 6.45) is -4.14. The summed E-state index contributed by atoms with van der Waals surface area (Å²) in [6.45, 7) is 3.92. The summed E-state index contributed by atoms with van der Waals surface area (Å²) in [6, 6.07) is 6.12. The molecule has 0 atom stereocenters. The van der Waals surface area contributed by atoms with Gasteiger partial charge in [-0.25, -0.2) is 0 Å². The molecule has 0 saturated heterocycles. The average molecular weight is 260 g/mol. The fraction of sp³-hybridized carbons (Fsp3) is 0.538. The molecule has 0 spiro atoms. The minimum atomic E-state index is -4.14. The van der Waals surface area contributed by atoms with Gasteiger partial charge >= 0.3 is 6.18 Å². The van der Waals surface area contributed by atoms with Crippen LogP contribution in [0.2, 0.25) is 0 Å². The highest BCUT2D eigenvalue weighted by molar-refractivity contribution is 5.50. The molecule has 1 rings (SSSR count). The topological polar surface area (TPSA) is 15.3 Å². The van der Waals surface area contributed by atoms with Gasteiger partial charge in [-0.3, -0.25) is 0 Å². The molecular weight excluding hydrogens is 241 g/mol. The first-order valence-corrected chi connectivity index (χ1v) is 5.85. The summed E-state index contributed by atoms with van der Waals surface area (Å²) in [5.74, 6) is 0. The number of nitrogens with zero attached hydrogens (tertiary/aromatic N) is 1. The first kappa shape index (κ1) is 14.8. The van der Waals surface area contributed by atoms with Gasteiger partial charge in [0.25, 0.3) is 0 Å². The molecule has 0 unspecified atom stereocenters. The van der Waals surface area contributed by atoms with E-state index < -0.39 is 12.7 Å². The predicted molar refractivity (Wildman–Crippen MR) is 68.1 cm³/mol. The molecule has 0 aliphatic heterocycles. The number of nitrogens with one attached hydrogen (secondary N) is 1. The van der Waals surface area contributed by atoms with Crippen molar-refractivity contribution in [2.24, 2.45) is 0 Å². The number of hydrogen-bond donors (Lipinski definition) is 1. The Balaban J connectivity index is 2.43. The second-order valence-electron chi connectivity index (χ2n) is 4.56. The Kier molecular flexibility index (Phi) is 5.02. The normalized spacial score (nSPS) is 11.7. The van der Waals surface area contributed by atoms with E-state index in [-0.39, 0.29) is 0 Å². The number of benzene rings is 1. The van der Waals surface area contributed by atoms with Gasteiger partial charge in [0, 0.05) is 25.8 Å². The van der Waals surface area contributed by atoms with E-state index in [4.69, 9.17) is 0 Å². The molecular formula is C13H19F3N2. The van der Waals surface area contributed by atoms with Crippen LogP contribution in [-0.4, -0.2) is 32.9 Å². The Hall–Kier alpha value is -1.23. The largest absolute Gasteiger partial charge is 0.401 e. The van der Waals surface area contributed by atoms with Crippen LogP contribution in [0.1, 0.15) is 11.1 Å². The molecule has 0 aliphatic rings. The van der Waals surface area contributed by atoms with Crippen LogP contribution < -0.4 is 10.2 Å². The van der Waals surface area contributed by atoms with Gasteiger partial charge in [0.05, 0.1) is 6.54 Å². The maximum absolute atomic E-state index is 11.9. The minimum Gasteiger partial charge on any atom is -0.373 e. The van der Waals surface area contributed by atoms with Gasteiger partial charge in [-0.1, -0.05) is 6.07 Å². The van der Waals surface area contributed by atoms with E-state index in [1.165, 1.54) is 0 Å². The first-order valence-electron chi connectivity index (χ1n) is 5.85. The lowest BCUT2D eigenvalue weighted by atomic mass is 10.1. The minimum absolute atomic E-state index is 0.309. The van der Waals surface area contributed by atoms with Gasteiger partial charge in [0.2, 0.25) is 0 Å². The van der Waals surface area contributed by atoms with Gasteiger partial charge < -0.3 is 10.2 Å². The van der Waals surface area contributed by atoms with Crippen molar-refractivity contribution in [3.05, 3.63) is 29.3 Å². The van der Waals surface area contributed by atoms with Gasteiger partial charge in [0.1, 0.15) is 0 Å². The molecule has 0 bridgehead atoms. The molecule has 18 heavy (non-hydrogen) atoms. The van der Waals surface area contributed by atoms with Crippen molar-refractivity contribution in [1.29, 1.82) is 0 Å². The maximum atomic E-state index is 11.9. The second kappa shape index (κ2) is 6.09. The molecule has 1 N–H and O–H groups in total. The lowest BCUT2D eigenvalue weighted by molar-refractivity contribution is -0.124. The summed E-state index contributed by atoms with van der Waals surface area (Å²) in [4.78, 5) is 1.95. The van der Waals surface area contributed by atoms with E-state index >= 15 is 0 Å². The highest BCUT2D eigenvalue weighted by Crippen LogP contribution is 2.17. The van der Waals surface area contributed by atoms with E-state index in [0.29, 0.717) is 13.1 Å². The number of rotatable bonds is 5. The monoisotopic (exact) mass is 260 g/mol. The Morgan fingerprint density at radius 2 is 1.67 bits per heavy atom. The third-order valence-corrected chi connectivity index (χ3v) is 2.60. The van der Waals surface area contributed by atoms with Crippen LogP contribution in [0.15, 0.2) is 18.2 Å². The first-order chi connectivity index (χ1) is 8.28. The highest BCUT2D eigenvalue weighted by Gasteiger charge is 2.25. The van der Waals surface area contributed by atoms with E-state index in [2.05, 4.69) is 11.4 Å². The summed E-state index contributed by atoms with van der Waals surface area (Å²) in [7, 11) is 1.88. The standard InChI is InChI=1S/C13H19F3N2/c1-10-6-11(2)8-12(7-10)18(3)5-4-17-9-13(14,15)16/h6-8,17H,4-5,9H2,1-3H3. The number of aryl methyl sites for hydroxylation is 2. The number of likely N-dealkylation sites (N-methyl/N-ethyl adjacent to an activating group) is 1. The number of anilines is 1. The molecule has 5 heteroatoms. The van der Waals surface area contributed by atoms with Gasteiger partial charge in [-0.2, -0.15) is 13.2 Å². The zero-order valence-corrected chi connectivity index (χ0v) is 10.9. The Bertz CT molecular complexity index is 368. The number of hydrogen-bond acceptors (Lipinski definition) is 2. The van der Waals surface area contributed by atoms with Crippen molar-refractivity contribution in [2.75, 3.05) is 31.6 Å². The van der Waals surface area contributed by atoms with Crippen LogP contribution in [0.4, 0.5) is 18.9 Å². The fourth-order valence-electron chi connectivity index (χ4n) is 1.78. The van der Waals surface area contributed by atoms with Crippen molar-refractivity contribution in [2.45, 2.75) is 20.0 Å². The molecule has 0 amide bonds. The maximum Gasteiger partial charge on any atom is 0.401 e. The smallest absolute Gasteiger partial charge is 0.373 e. The third kappa shape index (κ3) is 5.40. The SMILES string of the molecule is Cc1cc(C)cc(N(C)CCNCC(F)(F)F)c1. The fourth-order valence-corrected chi connectivity index (χ4v) is 1.78. The van der Waals surface area contributed by atoms with Crippen LogP contribution in [0.3, 0.4) is 0 Å². The average Bonchev–Trinajstić information content (AvgIpc) is 2.21. The van der Waals surface area contributed by atoms with Crippen LogP contribution in [0.5, 0.6) is 0 Å². The molecule has 1 aromatic carbocycles. The lowest BCUT2D eigenvalue weighted by Gasteiger charge is -2.21. The van der Waals surface area contributed by atoms with Gasteiger partial charge in [-0.15, -0.1) is 0 Å². The summed E-state index contributed by atoms with van der Waals surface area (Å²) < 4.78 is 35.8. The molecule has 0 saturated carbocycles.